The van der Waals surface area contributed by atoms with Gasteiger partial charge in [0.2, 0.25) is 0 Å². The van der Waals surface area contributed by atoms with Crippen molar-refractivity contribution in [3.8, 4) is 0 Å². The number of rotatable bonds is 3. The van der Waals surface area contributed by atoms with Crippen molar-refractivity contribution in [2.75, 3.05) is 11.9 Å². The minimum absolute atomic E-state index is 0.135. The largest absolute Gasteiger partial charge is 0.390 e. The van der Waals surface area contributed by atoms with Gasteiger partial charge in [-0.1, -0.05) is 32.4 Å². The molecule has 17 heavy (non-hydrogen) atoms. The number of aliphatic hydroxyl groups excluding tert-OH is 1. The molecule has 1 atom stereocenters. The van der Waals surface area contributed by atoms with Gasteiger partial charge in [-0.3, -0.25) is 0 Å². The zero-order valence-corrected chi connectivity index (χ0v) is 11.9. The van der Waals surface area contributed by atoms with Crippen LogP contribution in [-0.2, 0) is 6.61 Å². The maximum Gasteiger partial charge on any atom is 0.129 e. The van der Waals surface area contributed by atoms with Crippen LogP contribution in [0.3, 0.4) is 0 Å². The summed E-state index contributed by atoms with van der Waals surface area (Å²) in [5, 5.41) is 9.67. The van der Waals surface area contributed by atoms with Crippen molar-refractivity contribution in [1.29, 1.82) is 0 Å². The van der Waals surface area contributed by atoms with Gasteiger partial charge in [0, 0.05) is 13.1 Å². The van der Waals surface area contributed by atoms with E-state index in [1.807, 2.05) is 13.1 Å². The van der Waals surface area contributed by atoms with Crippen molar-refractivity contribution >= 4 is 17.4 Å². The van der Waals surface area contributed by atoms with Gasteiger partial charge in [0.15, 0.2) is 0 Å². The predicted octanol–water partition coefficient (Wildman–Crippen LogP) is 3.10. The van der Waals surface area contributed by atoms with Gasteiger partial charge in [-0.05, 0) is 24.5 Å². The van der Waals surface area contributed by atoms with Crippen molar-refractivity contribution in [3.05, 3.63) is 22.8 Å². The van der Waals surface area contributed by atoms with Crippen molar-refractivity contribution in [2.24, 2.45) is 5.41 Å². The summed E-state index contributed by atoms with van der Waals surface area (Å²) >= 11 is 5.93. The second-order valence-electron chi connectivity index (χ2n) is 5.41. The van der Waals surface area contributed by atoms with E-state index < -0.39 is 0 Å². The Balaban J connectivity index is 3.00. The van der Waals surface area contributed by atoms with E-state index in [1.54, 1.807) is 6.07 Å². The zero-order valence-electron chi connectivity index (χ0n) is 11.2. The first kappa shape index (κ1) is 14.3. The summed E-state index contributed by atoms with van der Waals surface area (Å²) in [5.41, 5.74) is 0.687. The van der Waals surface area contributed by atoms with E-state index >= 15 is 0 Å². The molecule has 96 valence electrons. The van der Waals surface area contributed by atoms with E-state index in [1.165, 1.54) is 0 Å². The Labute approximate surface area is 108 Å². The fourth-order valence-corrected chi connectivity index (χ4v) is 1.72. The average molecular weight is 257 g/mol. The third-order valence-corrected chi connectivity index (χ3v) is 3.59. The summed E-state index contributed by atoms with van der Waals surface area (Å²) in [7, 11) is 2.01. The molecule has 1 aromatic rings. The second-order valence-corrected chi connectivity index (χ2v) is 5.82. The summed E-state index contributed by atoms with van der Waals surface area (Å²) in [5.74, 6) is 0.834. The van der Waals surface area contributed by atoms with Gasteiger partial charge in [0.05, 0.1) is 17.3 Å². The van der Waals surface area contributed by atoms with Crippen LogP contribution in [0, 0.1) is 5.41 Å². The van der Waals surface area contributed by atoms with Crippen LogP contribution in [0.25, 0.3) is 0 Å². The Bertz CT molecular complexity index is 387. The number of nitrogens with zero attached hydrogens (tertiary/aromatic N) is 2. The number of halogens is 1. The van der Waals surface area contributed by atoms with Gasteiger partial charge in [0.25, 0.3) is 0 Å². The first-order valence-electron chi connectivity index (χ1n) is 5.76. The second kappa shape index (κ2) is 5.23. The van der Waals surface area contributed by atoms with Gasteiger partial charge in [-0.15, -0.1) is 0 Å². The highest BCUT2D eigenvalue weighted by atomic mass is 35.5. The lowest BCUT2D eigenvalue weighted by Gasteiger charge is -2.36. The number of aliphatic hydroxyl groups is 1. The van der Waals surface area contributed by atoms with Crippen LogP contribution < -0.4 is 4.90 Å². The molecule has 0 radical (unpaired) electrons. The third kappa shape index (κ3) is 3.33. The topological polar surface area (TPSA) is 36.4 Å². The molecule has 0 spiro atoms. The van der Waals surface area contributed by atoms with Gasteiger partial charge in [-0.25, -0.2) is 4.98 Å². The molecule has 0 bridgehead atoms. The Kier molecular flexibility index (Phi) is 4.39. The average Bonchev–Trinajstić information content (AvgIpc) is 2.26. The standard InChI is InChI=1S/C13H21ClN2O/c1-9(13(2,3)4)16(5)12-7-6-10(14)11(8-17)15-12/h6-7,9,17H,8H2,1-5H3. The molecule has 0 fully saturated rings. The number of hydrogen-bond donors (Lipinski definition) is 1. The minimum atomic E-state index is -0.135. The summed E-state index contributed by atoms with van der Waals surface area (Å²) in [6.07, 6.45) is 0. The van der Waals surface area contributed by atoms with Gasteiger partial charge in [-0.2, -0.15) is 0 Å². The fourth-order valence-electron chi connectivity index (χ4n) is 1.56. The van der Waals surface area contributed by atoms with Crippen LogP contribution in [0.15, 0.2) is 12.1 Å². The van der Waals surface area contributed by atoms with Gasteiger partial charge in [0.1, 0.15) is 5.82 Å². The van der Waals surface area contributed by atoms with Crippen molar-refractivity contribution in [1.82, 2.24) is 4.98 Å². The first-order valence-corrected chi connectivity index (χ1v) is 6.14. The van der Waals surface area contributed by atoms with Crippen LogP contribution in [-0.4, -0.2) is 23.2 Å². The van der Waals surface area contributed by atoms with E-state index in [4.69, 9.17) is 16.7 Å². The maximum absolute atomic E-state index is 9.16. The molecule has 0 aromatic carbocycles. The van der Waals surface area contributed by atoms with E-state index in [9.17, 15) is 0 Å². The Morgan fingerprint density at radius 3 is 2.47 bits per heavy atom. The molecule has 0 aliphatic carbocycles. The summed E-state index contributed by atoms with van der Waals surface area (Å²) in [4.78, 5) is 6.48. The maximum atomic E-state index is 9.16. The lowest BCUT2D eigenvalue weighted by molar-refractivity contribution is 0.276. The summed E-state index contributed by atoms with van der Waals surface area (Å²) in [6.45, 7) is 8.60. The highest BCUT2D eigenvalue weighted by Crippen LogP contribution is 2.27. The van der Waals surface area contributed by atoms with E-state index in [0.717, 1.165) is 5.82 Å². The molecule has 1 N–H and O–H groups in total. The monoisotopic (exact) mass is 256 g/mol. The summed E-state index contributed by atoms with van der Waals surface area (Å²) < 4.78 is 0. The van der Waals surface area contributed by atoms with Crippen molar-refractivity contribution < 1.29 is 5.11 Å². The molecule has 1 unspecified atom stereocenters. The lowest BCUT2D eigenvalue weighted by atomic mass is 9.87. The molecule has 1 rings (SSSR count). The fraction of sp³-hybridized carbons (Fsp3) is 0.615. The van der Waals surface area contributed by atoms with E-state index in [0.29, 0.717) is 16.8 Å². The van der Waals surface area contributed by atoms with Crippen LogP contribution >= 0.6 is 11.6 Å². The van der Waals surface area contributed by atoms with Gasteiger partial charge < -0.3 is 10.0 Å². The number of anilines is 1. The molecule has 1 heterocycles. The highest BCUT2D eigenvalue weighted by Gasteiger charge is 2.25. The summed E-state index contributed by atoms with van der Waals surface area (Å²) in [6, 6.07) is 3.99. The zero-order chi connectivity index (χ0) is 13.2. The normalized spacial score (nSPS) is 13.6. The molecule has 0 saturated carbocycles. The van der Waals surface area contributed by atoms with Crippen LogP contribution in [0.4, 0.5) is 5.82 Å². The molecule has 0 aliphatic rings. The lowest BCUT2D eigenvalue weighted by Crippen LogP contribution is -2.39. The number of aromatic nitrogens is 1. The molecule has 0 saturated heterocycles. The molecule has 3 nitrogen and oxygen atoms in total. The highest BCUT2D eigenvalue weighted by molar-refractivity contribution is 6.31. The first-order chi connectivity index (χ1) is 7.77. The Morgan fingerprint density at radius 1 is 1.41 bits per heavy atom. The minimum Gasteiger partial charge on any atom is -0.390 e. The van der Waals surface area contributed by atoms with Crippen molar-refractivity contribution in [3.63, 3.8) is 0 Å². The number of hydrogen-bond acceptors (Lipinski definition) is 3. The SMILES string of the molecule is CC(N(C)c1ccc(Cl)c(CO)n1)C(C)(C)C. The van der Waals surface area contributed by atoms with Crippen LogP contribution in [0.1, 0.15) is 33.4 Å². The van der Waals surface area contributed by atoms with E-state index in [2.05, 4.69) is 37.6 Å². The molecular formula is C13H21ClN2O. The number of pyridine rings is 1. The van der Waals surface area contributed by atoms with Crippen LogP contribution in [0.5, 0.6) is 0 Å². The molecule has 0 amide bonds. The smallest absolute Gasteiger partial charge is 0.129 e. The van der Waals surface area contributed by atoms with Gasteiger partial charge >= 0.3 is 0 Å². The Morgan fingerprint density at radius 2 is 2.00 bits per heavy atom. The quantitative estimate of drug-likeness (QED) is 0.903. The van der Waals surface area contributed by atoms with Crippen LogP contribution in [0.2, 0.25) is 5.02 Å². The molecular weight excluding hydrogens is 236 g/mol. The van der Waals surface area contributed by atoms with Crippen molar-refractivity contribution in [2.45, 2.75) is 40.3 Å². The van der Waals surface area contributed by atoms with E-state index in [-0.39, 0.29) is 12.0 Å². The third-order valence-electron chi connectivity index (χ3n) is 3.25. The molecule has 4 heteroatoms. The Hall–Kier alpha value is -0.800. The molecule has 1 aromatic heterocycles. The molecule has 0 aliphatic heterocycles. The predicted molar refractivity (Wildman–Crippen MR) is 72.5 cm³/mol.